The molecule has 1 aliphatic heterocycles. The molecular formula is C12H12BrClN2O7. The van der Waals surface area contributed by atoms with Crippen LogP contribution >= 0.6 is 27.5 Å². The van der Waals surface area contributed by atoms with Gasteiger partial charge in [-0.3, -0.25) is 19.1 Å². The van der Waals surface area contributed by atoms with Gasteiger partial charge < -0.3 is 14.2 Å². The van der Waals surface area contributed by atoms with Gasteiger partial charge in [0.25, 0.3) is 5.56 Å². The van der Waals surface area contributed by atoms with Gasteiger partial charge in [0.15, 0.2) is 0 Å². The van der Waals surface area contributed by atoms with Gasteiger partial charge in [-0.1, -0.05) is 0 Å². The van der Waals surface area contributed by atoms with E-state index in [0.29, 0.717) is 0 Å². The first-order chi connectivity index (χ1) is 10.8. The third-order valence-electron chi connectivity index (χ3n) is 3.09. The summed E-state index contributed by atoms with van der Waals surface area (Å²) in [6.45, 7) is 0.983. The molecule has 9 nitrogen and oxygen atoms in total. The molecule has 1 aromatic rings. The van der Waals surface area contributed by atoms with Crippen LogP contribution in [0, 0.1) is 0 Å². The number of carbonyl (C=O) groups excluding carboxylic acids is 2. The predicted molar refractivity (Wildman–Crippen MR) is 80.3 cm³/mol. The highest BCUT2D eigenvalue weighted by molar-refractivity contribution is 9.10. The van der Waals surface area contributed by atoms with Crippen LogP contribution in [0.4, 0.5) is 4.79 Å². The van der Waals surface area contributed by atoms with E-state index >= 15 is 0 Å². The molecule has 23 heavy (non-hydrogen) atoms. The zero-order valence-corrected chi connectivity index (χ0v) is 14.1. The Morgan fingerprint density at radius 2 is 2.22 bits per heavy atom. The fourth-order valence-corrected chi connectivity index (χ4v) is 2.56. The maximum Gasteiger partial charge on any atom is 0.403 e. The van der Waals surface area contributed by atoms with E-state index in [1.165, 1.54) is 13.1 Å². The van der Waals surface area contributed by atoms with Gasteiger partial charge in [0, 0.05) is 31.1 Å². The van der Waals surface area contributed by atoms with Gasteiger partial charge in [-0.25, -0.2) is 9.59 Å². The summed E-state index contributed by atoms with van der Waals surface area (Å²) in [5, 5.41) is 0. The topological polar surface area (TPSA) is 117 Å². The van der Waals surface area contributed by atoms with Crippen LogP contribution in [0.5, 0.6) is 0 Å². The molecule has 126 valence electrons. The van der Waals surface area contributed by atoms with Crippen molar-refractivity contribution in [2.45, 2.75) is 31.8 Å². The van der Waals surface area contributed by atoms with Gasteiger partial charge in [0.2, 0.25) is 0 Å². The number of aromatic amines is 1. The monoisotopic (exact) mass is 410 g/mol. The Bertz CT molecular complexity index is 731. The molecule has 0 unspecified atom stereocenters. The molecule has 0 aromatic carbocycles. The number of carbonyl (C=O) groups is 2. The summed E-state index contributed by atoms with van der Waals surface area (Å²) in [6.07, 6.45) is -0.913. The Kier molecular flexibility index (Phi) is 5.60. The Morgan fingerprint density at radius 1 is 1.52 bits per heavy atom. The molecule has 0 radical (unpaired) electrons. The third kappa shape index (κ3) is 4.43. The van der Waals surface area contributed by atoms with Crippen LogP contribution in [0.1, 0.15) is 19.6 Å². The minimum atomic E-state index is -1.03. The molecule has 3 atom stereocenters. The van der Waals surface area contributed by atoms with Crippen molar-refractivity contribution in [2.24, 2.45) is 0 Å². The summed E-state index contributed by atoms with van der Waals surface area (Å²) >= 11 is 8.12. The first kappa shape index (κ1) is 17.7. The Hall–Kier alpha value is -1.65. The molecule has 0 saturated carbocycles. The SMILES string of the molecule is CC(=O)O[C@H]1C[C@H](n2cc(Br)c(=O)[nH]c2=O)O[C@@H]1COC(=O)Cl. The number of aromatic nitrogens is 2. The van der Waals surface area contributed by atoms with Gasteiger partial charge >= 0.3 is 17.1 Å². The normalized spacial score (nSPS) is 23.5. The molecule has 1 fully saturated rings. The van der Waals surface area contributed by atoms with Crippen LogP contribution in [0.25, 0.3) is 0 Å². The number of esters is 1. The molecule has 2 heterocycles. The van der Waals surface area contributed by atoms with E-state index in [1.54, 1.807) is 0 Å². The zero-order chi connectivity index (χ0) is 17.1. The summed E-state index contributed by atoms with van der Waals surface area (Å²) in [5.74, 6) is -0.545. The lowest BCUT2D eigenvalue weighted by atomic mass is 10.2. The molecule has 1 aromatic heterocycles. The first-order valence-electron chi connectivity index (χ1n) is 6.44. The van der Waals surface area contributed by atoms with Gasteiger partial charge in [-0.15, -0.1) is 0 Å². The molecular weight excluding hydrogens is 399 g/mol. The van der Waals surface area contributed by atoms with Crippen LogP contribution in [-0.2, 0) is 19.0 Å². The minimum absolute atomic E-state index is 0.139. The fraction of sp³-hybridized carbons (Fsp3) is 0.500. The number of nitrogens with one attached hydrogen (secondary N) is 1. The van der Waals surface area contributed by atoms with E-state index < -0.39 is 41.1 Å². The number of hydrogen-bond acceptors (Lipinski definition) is 7. The summed E-state index contributed by atoms with van der Waals surface area (Å²) in [5.41, 5.74) is -2.28. The molecule has 0 amide bonds. The summed E-state index contributed by atoms with van der Waals surface area (Å²) in [6, 6.07) is 0. The van der Waals surface area contributed by atoms with Gasteiger partial charge in [-0.05, 0) is 15.9 Å². The maximum absolute atomic E-state index is 11.9. The van der Waals surface area contributed by atoms with Gasteiger partial charge in [0.05, 0.1) is 4.47 Å². The van der Waals surface area contributed by atoms with Crippen LogP contribution in [0.15, 0.2) is 20.3 Å². The van der Waals surface area contributed by atoms with E-state index in [9.17, 15) is 19.2 Å². The van der Waals surface area contributed by atoms with Crippen LogP contribution in [0.3, 0.4) is 0 Å². The maximum atomic E-state index is 11.9. The van der Waals surface area contributed by atoms with Gasteiger partial charge in [0.1, 0.15) is 25.0 Å². The van der Waals surface area contributed by atoms with Gasteiger partial charge in [-0.2, -0.15) is 0 Å². The van der Waals surface area contributed by atoms with Crippen molar-refractivity contribution in [1.29, 1.82) is 0 Å². The second kappa shape index (κ2) is 7.28. The second-order valence-electron chi connectivity index (χ2n) is 4.70. The number of hydrogen-bond donors (Lipinski definition) is 1. The average molecular weight is 412 g/mol. The molecule has 1 N–H and O–H groups in total. The highest BCUT2D eigenvalue weighted by atomic mass is 79.9. The lowest BCUT2D eigenvalue weighted by Crippen LogP contribution is -2.33. The van der Waals surface area contributed by atoms with E-state index in [1.807, 2.05) is 0 Å². The lowest BCUT2D eigenvalue weighted by molar-refractivity contribution is -0.150. The van der Waals surface area contributed by atoms with E-state index in [0.717, 1.165) is 4.57 Å². The number of H-pyrrole nitrogens is 1. The van der Waals surface area contributed by atoms with Crippen molar-refractivity contribution >= 4 is 38.9 Å². The van der Waals surface area contributed by atoms with Crippen LogP contribution in [0.2, 0.25) is 0 Å². The predicted octanol–water partition coefficient (Wildman–Crippen LogP) is 0.894. The second-order valence-corrected chi connectivity index (χ2v) is 5.87. The number of halogens is 2. The molecule has 0 aliphatic carbocycles. The van der Waals surface area contributed by atoms with Crippen LogP contribution in [-0.4, -0.2) is 39.8 Å². The van der Waals surface area contributed by atoms with Crippen molar-refractivity contribution in [2.75, 3.05) is 6.61 Å². The van der Waals surface area contributed by atoms with E-state index in [4.69, 9.17) is 21.1 Å². The summed E-state index contributed by atoms with van der Waals surface area (Å²) in [7, 11) is 0. The largest absolute Gasteiger partial charge is 0.459 e. The Labute approximate surface area is 142 Å². The fourth-order valence-electron chi connectivity index (χ4n) is 2.18. The highest BCUT2D eigenvalue weighted by Gasteiger charge is 2.39. The van der Waals surface area contributed by atoms with E-state index in [2.05, 4.69) is 25.7 Å². The van der Waals surface area contributed by atoms with Crippen molar-refractivity contribution < 1.29 is 23.8 Å². The quantitative estimate of drug-likeness (QED) is 0.578. The minimum Gasteiger partial charge on any atom is -0.459 e. The first-order valence-corrected chi connectivity index (χ1v) is 7.61. The lowest BCUT2D eigenvalue weighted by Gasteiger charge is -2.17. The number of rotatable bonds is 4. The number of ether oxygens (including phenoxy) is 3. The Morgan fingerprint density at radius 3 is 2.83 bits per heavy atom. The molecule has 1 aliphatic rings. The summed E-state index contributed by atoms with van der Waals surface area (Å²) < 4.78 is 16.6. The molecule has 1 saturated heterocycles. The molecule has 11 heteroatoms. The van der Waals surface area contributed by atoms with Crippen molar-refractivity contribution in [1.82, 2.24) is 9.55 Å². The average Bonchev–Trinajstić information content (AvgIpc) is 2.82. The van der Waals surface area contributed by atoms with E-state index in [-0.39, 0.29) is 17.5 Å². The van der Waals surface area contributed by atoms with Crippen LogP contribution < -0.4 is 11.2 Å². The molecule has 2 rings (SSSR count). The molecule has 0 bridgehead atoms. The van der Waals surface area contributed by atoms with Crippen molar-refractivity contribution in [3.05, 3.63) is 31.5 Å². The Balaban J connectivity index is 2.23. The molecule has 0 spiro atoms. The number of nitrogens with zero attached hydrogens (tertiary/aromatic N) is 1. The summed E-state index contributed by atoms with van der Waals surface area (Å²) in [4.78, 5) is 47.2. The highest BCUT2D eigenvalue weighted by Crippen LogP contribution is 2.30. The smallest absolute Gasteiger partial charge is 0.403 e. The van der Waals surface area contributed by atoms with Crippen molar-refractivity contribution in [3.63, 3.8) is 0 Å². The third-order valence-corrected chi connectivity index (χ3v) is 3.77. The zero-order valence-electron chi connectivity index (χ0n) is 11.8. The standard InChI is InChI=1S/C12H12BrClN2O7/c1-5(17)22-7-2-9(23-8(7)4-21-11(14)19)16-3-6(13)10(18)15-12(16)20/h3,7-9H,2,4H2,1H3,(H,15,18,20)/t7-,8+,9+/m0/s1. The van der Waals surface area contributed by atoms with Crippen molar-refractivity contribution in [3.8, 4) is 0 Å².